The van der Waals surface area contributed by atoms with E-state index in [1.54, 1.807) is 7.11 Å². The SMILES string of the molecule is CCCNc1cc(C)c(OC)c(C)c1. The Hall–Kier alpha value is -1.18. The molecule has 0 saturated heterocycles. The molecule has 0 aromatic heterocycles. The summed E-state index contributed by atoms with van der Waals surface area (Å²) < 4.78 is 5.31. The van der Waals surface area contributed by atoms with Gasteiger partial charge in [0.15, 0.2) is 0 Å². The lowest BCUT2D eigenvalue weighted by molar-refractivity contribution is 0.408. The van der Waals surface area contributed by atoms with Gasteiger partial charge >= 0.3 is 0 Å². The Morgan fingerprint density at radius 3 is 2.21 bits per heavy atom. The van der Waals surface area contributed by atoms with E-state index in [4.69, 9.17) is 4.74 Å². The molecule has 0 aliphatic rings. The fourth-order valence-electron chi connectivity index (χ4n) is 1.64. The van der Waals surface area contributed by atoms with Gasteiger partial charge in [-0.15, -0.1) is 0 Å². The van der Waals surface area contributed by atoms with Gasteiger partial charge < -0.3 is 10.1 Å². The predicted molar refractivity (Wildman–Crippen MR) is 61.2 cm³/mol. The van der Waals surface area contributed by atoms with E-state index in [0.29, 0.717) is 0 Å². The smallest absolute Gasteiger partial charge is 0.124 e. The van der Waals surface area contributed by atoms with Crippen molar-refractivity contribution < 1.29 is 4.74 Å². The van der Waals surface area contributed by atoms with Gasteiger partial charge in [-0.25, -0.2) is 0 Å². The third-order valence-corrected chi connectivity index (χ3v) is 2.24. The van der Waals surface area contributed by atoms with Crippen LogP contribution in [-0.4, -0.2) is 13.7 Å². The van der Waals surface area contributed by atoms with Gasteiger partial charge in [0.2, 0.25) is 0 Å². The number of methoxy groups -OCH3 is 1. The molecule has 14 heavy (non-hydrogen) atoms. The van der Waals surface area contributed by atoms with Crippen molar-refractivity contribution in [2.75, 3.05) is 19.0 Å². The van der Waals surface area contributed by atoms with Crippen LogP contribution in [0.15, 0.2) is 12.1 Å². The summed E-state index contributed by atoms with van der Waals surface area (Å²) in [6.45, 7) is 7.33. The maximum Gasteiger partial charge on any atom is 0.124 e. The van der Waals surface area contributed by atoms with Crippen molar-refractivity contribution in [3.8, 4) is 5.75 Å². The minimum atomic E-state index is 0.993. The van der Waals surface area contributed by atoms with Gasteiger partial charge in [-0.1, -0.05) is 6.92 Å². The van der Waals surface area contributed by atoms with Gasteiger partial charge in [0, 0.05) is 12.2 Å². The monoisotopic (exact) mass is 193 g/mol. The largest absolute Gasteiger partial charge is 0.496 e. The topological polar surface area (TPSA) is 21.3 Å². The lowest BCUT2D eigenvalue weighted by Crippen LogP contribution is -2.01. The Balaban J connectivity index is 2.90. The molecule has 0 saturated carbocycles. The Bertz CT molecular complexity index is 284. The molecule has 0 atom stereocenters. The molecule has 0 heterocycles. The summed E-state index contributed by atoms with van der Waals surface area (Å²) in [5, 5.41) is 3.37. The first-order valence-electron chi connectivity index (χ1n) is 5.08. The van der Waals surface area contributed by atoms with Crippen LogP contribution in [0.2, 0.25) is 0 Å². The summed E-state index contributed by atoms with van der Waals surface area (Å²) >= 11 is 0. The average Bonchev–Trinajstić information content (AvgIpc) is 2.14. The minimum Gasteiger partial charge on any atom is -0.496 e. The summed E-state index contributed by atoms with van der Waals surface area (Å²) in [4.78, 5) is 0. The van der Waals surface area contributed by atoms with Crippen LogP contribution in [-0.2, 0) is 0 Å². The standard InChI is InChI=1S/C12H19NO/c1-5-6-13-11-7-9(2)12(14-4)10(3)8-11/h7-8,13H,5-6H2,1-4H3. The van der Waals surface area contributed by atoms with Crippen molar-refractivity contribution in [2.45, 2.75) is 27.2 Å². The van der Waals surface area contributed by atoms with Crippen LogP contribution < -0.4 is 10.1 Å². The molecular formula is C12H19NO. The quantitative estimate of drug-likeness (QED) is 0.793. The first kappa shape index (κ1) is 10.9. The molecule has 1 N–H and O–H groups in total. The summed E-state index contributed by atoms with van der Waals surface area (Å²) in [6.07, 6.45) is 1.14. The number of anilines is 1. The fraction of sp³-hybridized carbons (Fsp3) is 0.500. The van der Waals surface area contributed by atoms with Gasteiger partial charge in [-0.05, 0) is 43.5 Å². The maximum atomic E-state index is 5.31. The first-order valence-corrected chi connectivity index (χ1v) is 5.08. The van der Waals surface area contributed by atoms with Crippen molar-refractivity contribution in [2.24, 2.45) is 0 Å². The normalized spacial score (nSPS) is 10.0. The van der Waals surface area contributed by atoms with Crippen molar-refractivity contribution in [3.63, 3.8) is 0 Å². The minimum absolute atomic E-state index is 0.993. The zero-order chi connectivity index (χ0) is 10.6. The Labute approximate surface area is 86.3 Å². The van der Waals surface area contributed by atoms with Crippen LogP contribution in [0.4, 0.5) is 5.69 Å². The second kappa shape index (κ2) is 4.89. The Kier molecular flexibility index (Phi) is 3.81. The van der Waals surface area contributed by atoms with E-state index in [1.165, 1.54) is 16.8 Å². The second-order valence-corrected chi connectivity index (χ2v) is 3.57. The number of aryl methyl sites for hydroxylation is 2. The number of nitrogens with one attached hydrogen (secondary N) is 1. The molecular weight excluding hydrogens is 174 g/mol. The fourth-order valence-corrected chi connectivity index (χ4v) is 1.64. The summed E-state index contributed by atoms with van der Waals surface area (Å²) in [7, 11) is 1.72. The highest BCUT2D eigenvalue weighted by atomic mass is 16.5. The molecule has 2 heteroatoms. The van der Waals surface area contributed by atoms with Crippen LogP contribution in [0.1, 0.15) is 24.5 Å². The first-order chi connectivity index (χ1) is 6.69. The van der Waals surface area contributed by atoms with Crippen molar-refractivity contribution >= 4 is 5.69 Å². The number of hydrogen-bond acceptors (Lipinski definition) is 2. The maximum absolute atomic E-state index is 5.31. The average molecular weight is 193 g/mol. The van der Waals surface area contributed by atoms with Gasteiger partial charge in [0.1, 0.15) is 5.75 Å². The van der Waals surface area contributed by atoms with Gasteiger partial charge in [-0.3, -0.25) is 0 Å². The second-order valence-electron chi connectivity index (χ2n) is 3.57. The number of ether oxygens (including phenoxy) is 1. The zero-order valence-electron chi connectivity index (χ0n) is 9.48. The zero-order valence-corrected chi connectivity index (χ0v) is 9.48. The van der Waals surface area contributed by atoms with Crippen LogP contribution in [0, 0.1) is 13.8 Å². The highest BCUT2D eigenvalue weighted by Gasteiger charge is 2.04. The summed E-state index contributed by atoms with van der Waals surface area (Å²) in [5.41, 5.74) is 3.56. The molecule has 1 aromatic carbocycles. The van der Waals surface area contributed by atoms with Crippen molar-refractivity contribution in [1.82, 2.24) is 0 Å². The number of rotatable bonds is 4. The highest BCUT2D eigenvalue weighted by Crippen LogP contribution is 2.26. The van der Waals surface area contributed by atoms with Crippen LogP contribution >= 0.6 is 0 Å². The molecule has 0 aliphatic carbocycles. The molecule has 0 radical (unpaired) electrons. The molecule has 1 rings (SSSR count). The van der Waals surface area contributed by atoms with Gasteiger partial charge in [-0.2, -0.15) is 0 Å². The molecule has 0 aliphatic heterocycles. The lowest BCUT2D eigenvalue weighted by Gasteiger charge is -2.12. The van der Waals surface area contributed by atoms with E-state index < -0.39 is 0 Å². The number of benzene rings is 1. The lowest BCUT2D eigenvalue weighted by atomic mass is 10.1. The summed E-state index contributed by atoms with van der Waals surface area (Å²) in [5.74, 6) is 0.993. The van der Waals surface area contributed by atoms with Crippen LogP contribution in [0.25, 0.3) is 0 Å². The van der Waals surface area contributed by atoms with E-state index >= 15 is 0 Å². The Morgan fingerprint density at radius 1 is 1.21 bits per heavy atom. The Morgan fingerprint density at radius 2 is 1.79 bits per heavy atom. The molecule has 0 spiro atoms. The molecule has 0 unspecified atom stereocenters. The molecule has 1 aromatic rings. The highest BCUT2D eigenvalue weighted by molar-refractivity contribution is 5.55. The summed E-state index contributed by atoms with van der Waals surface area (Å²) in [6, 6.07) is 4.25. The van der Waals surface area contributed by atoms with Crippen LogP contribution in [0.5, 0.6) is 5.75 Å². The third-order valence-electron chi connectivity index (χ3n) is 2.24. The van der Waals surface area contributed by atoms with E-state index in [2.05, 4.69) is 38.2 Å². The molecule has 0 fully saturated rings. The molecule has 0 amide bonds. The van der Waals surface area contributed by atoms with Gasteiger partial charge in [0.25, 0.3) is 0 Å². The van der Waals surface area contributed by atoms with E-state index in [0.717, 1.165) is 18.7 Å². The predicted octanol–water partition coefficient (Wildman–Crippen LogP) is 3.13. The van der Waals surface area contributed by atoms with Crippen molar-refractivity contribution in [1.29, 1.82) is 0 Å². The third kappa shape index (κ3) is 2.41. The molecule has 2 nitrogen and oxygen atoms in total. The van der Waals surface area contributed by atoms with Gasteiger partial charge in [0.05, 0.1) is 7.11 Å². The van der Waals surface area contributed by atoms with Crippen LogP contribution in [0.3, 0.4) is 0 Å². The van der Waals surface area contributed by atoms with Crippen molar-refractivity contribution in [3.05, 3.63) is 23.3 Å². The number of hydrogen-bond donors (Lipinski definition) is 1. The van der Waals surface area contributed by atoms with E-state index in [-0.39, 0.29) is 0 Å². The van der Waals surface area contributed by atoms with E-state index in [1.807, 2.05) is 0 Å². The molecule has 0 bridgehead atoms. The van der Waals surface area contributed by atoms with E-state index in [9.17, 15) is 0 Å². The molecule has 78 valence electrons.